The molecule has 0 aliphatic rings. The summed E-state index contributed by atoms with van der Waals surface area (Å²) in [5.74, 6) is -0.272. The second-order valence-electron chi connectivity index (χ2n) is 7.41. The average molecular weight is 432 g/mol. The molecule has 0 atom stereocenters. The second-order valence-corrected chi connectivity index (χ2v) is 7.85. The van der Waals surface area contributed by atoms with Crippen LogP contribution in [0.4, 0.5) is 11.4 Å². The van der Waals surface area contributed by atoms with Crippen LogP contribution in [0.5, 0.6) is 0 Å². The predicted molar refractivity (Wildman–Crippen MR) is 126 cm³/mol. The Kier molecular flexibility index (Phi) is 6.05. The van der Waals surface area contributed by atoms with Crippen molar-refractivity contribution >= 4 is 45.7 Å². The highest BCUT2D eigenvalue weighted by atomic mass is 35.5. The van der Waals surface area contributed by atoms with E-state index in [-0.39, 0.29) is 18.2 Å². The van der Waals surface area contributed by atoms with Crippen LogP contribution in [-0.2, 0) is 22.6 Å². The molecule has 1 aromatic heterocycles. The molecule has 0 fully saturated rings. The third kappa shape index (κ3) is 5.13. The van der Waals surface area contributed by atoms with Crippen molar-refractivity contribution in [3.63, 3.8) is 0 Å². The van der Waals surface area contributed by atoms with Gasteiger partial charge < -0.3 is 15.2 Å². The maximum absolute atomic E-state index is 12.7. The van der Waals surface area contributed by atoms with Crippen LogP contribution in [0, 0.1) is 0 Å². The minimum absolute atomic E-state index is 0.116. The summed E-state index contributed by atoms with van der Waals surface area (Å²) in [6.07, 6.45) is 2.28. The van der Waals surface area contributed by atoms with E-state index in [1.807, 2.05) is 48.7 Å². The number of aromatic nitrogens is 1. The van der Waals surface area contributed by atoms with Crippen molar-refractivity contribution < 1.29 is 9.59 Å². The molecule has 4 rings (SSSR count). The first-order chi connectivity index (χ1) is 15.0. The van der Waals surface area contributed by atoms with Gasteiger partial charge in [-0.3, -0.25) is 9.59 Å². The summed E-state index contributed by atoms with van der Waals surface area (Å²) < 4.78 is 2.15. The van der Waals surface area contributed by atoms with Crippen LogP contribution in [0.2, 0.25) is 5.02 Å². The Balaban J connectivity index is 1.54. The fourth-order valence-electron chi connectivity index (χ4n) is 3.64. The molecule has 0 aliphatic heterocycles. The molecule has 0 bridgehead atoms. The number of hydrogen-bond acceptors (Lipinski definition) is 2. The lowest BCUT2D eigenvalue weighted by Crippen LogP contribution is -2.14. The Morgan fingerprint density at radius 3 is 2.35 bits per heavy atom. The maximum Gasteiger partial charge on any atom is 0.228 e. The molecule has 3 aromatic carbocycles. The molecular formula is C25H22ClN3O2. The number of benzene rings is 3. The lowest BCUT2D eigenvalue weighted by atomic mass is 10.1. The molecule has 0 saturated heterocycles. The summed E-state index contributed by atoms with van der Waals surface area (Å²) in [5, 5.41) is 7.40. The molecule has 2 amide bonds. The van der Waals surface area contributed by atoms with Crippen LogP contribution in [0.3, 0.4) is 0 Å². The highest BCUT2D eigenvalue weighted by Gasteiger charge is 2.13. The number of fused-ring (bicyclic) bond motifs is 1. The van der Waals surface area contributed by atoms with Gasteiger partial charge in [0, 0.05) is 47.0 Å². The van der Waals surface area contributed by atoms with E-state index in [0.717, 1.165) is 22.0 Å². The van der Waals surface area contributed by atoms with E-state index in [0.29, 0.717) is 22.9 Å². The number of halogens is 1. The normalized spacial score (nSPS) is 10.8. The van der Waals surface area contributed by atoms with Gasteiger partial charge in [0.25, 0.3) is 0 Å². The molecule has 0 spiro atoms. The third-order valence-electron chi connectivity index (χ3n) is 4.95. The molecule has 31 heavy (non-hydrogen) atoms. The number of nitrogens with one attached hydrogen (secondary N) is 2. The van der Waals surface area contributed by atoms with Crippen molar-refractivity contribution in [2.75, 3.05) is 10.6 Å². The molecule has 1 heterocycles. The van der Waals surface area contributed by atoms with Gasteiger partial charge in [0.15, 0.2) is 0 Å². The van der Waals surface area contributed by atoms with Gasteiger partial charge in [-0.2, -0.15) is 0 Å². The van der Waals surface area contributed by atoms with Gasteiger partial charge in [0.05, 0.1) is 6.42 Å². The van der Waals surface area contributed by atoms with Crippen molar-refractivity contribution in [2.45, 2.75) is 19.9 Å². The largest absolute Gasteiger partial charge is 0.343 e. The summed E-state index contributed by atoms with van der Waals surface area (Å²) in [6.45, 7) is 2.14. The number of carbonyl (C=O) groups excluding carboxylic acids is 2. The smallest absolute Gasteiger partial charge is 0.228 e. The van der Waals surface area contributed by atoms with E-state index in [4.69, 9.17) is 11.6 Å². The van der Waals surface area contributed by atoms with Crippen LogP contribution in [0.25, 0.3) is 10.9 Å². The molecule has 6 heteroatoms. The lowest BCUT2D eigenvalue weighted by Gasteiger charge is -2.07. The monoisotopic (exact) mass is 431 g/mol. The number of carbonyl (C=O) groups is 2. The number of amides is 2. The quantitative estimate of drug-likeness (QED) is 0.424. The van der Waals surface area contributed by atoms with E-state index in [1.54, 1.807) is 24.3 Å². The number of rotatable bonds is 6. The van der Waals surface area contributed by atoms with Gasteiger partial charge in [-0.15, -0.1) is 0 Å². The molecule has 0 saturated carbocycles. The number of nitrogens with zero attached hydrogens (tertiary/aromatic N) is 1. The van der Waals surface area contributed by atoms with E-state index < -0.39 is 0 Å². The van der Waals surface area contributed by atoms with Crippen molar-refractivity contribution in [1.82, 2.24) is 4.57 Å². The molecule has 5 nitrogen and oxygen atoms in total. The van der Waals surface area contributed by atoms with Gasteiger partial charge in [0.1, 0.15) is 0 Å². The SMILES string of the molecule is CC(=O)Nc1cccc(NC(=O)Cc2cn(Cc3ccc(Cl)cc3)c3ccccc23)c1. The zero-order valence-electron chi connectivity index (χ0n) is 17.1. The molecule has 2 N–H and O–H groups in total. The van der Waals surface area contributed by atoms with Crippen LogP contribution in [0.15, 0.2) is 79.0 Å². The average Bonchev–Trinajstić information content (AvgIpc) is 3.07. The summed E-state index contributed by atoms with van der Waals surface area (Å²) in [6, 6.07) is 23.0. The van der Waals surface area contributed by atoms with Crippen molar-refractivity contribution in [1.29, 1.82) is 0 Å². The Hall–Kier alpha value is -3.57. The molecule has 0 unspecified atom stereocenters. The first-order valence-corrected chi connectivity index (χ1v) is 10.3. The third-order valence-corrected chi connectivity index (χ3v) is 5.21. The Morgan fingerprint density at radius 1 is 0.903 bits per heavy atom. The van der Waals surface area contributed by atoms with Crippen LogP contribution in [-0.4, -0.2) is 16.4 Å². The van der Waals surface area contributed by atoms with Crippen molar-refractivity contribution in [3.05, 3.63) is 95.1 Å². The molecule has 0 radical (unpaired) electrons. The molecular weight excluding hydrogens is 410 g/mol. The lowest BCUT2D eigenvalue weighted by molar-refractivity contribution is -0.115. The highest BCUT2D eigenvalue weighted by molar-refractivity contribution is 6.30. The van der Waals surface area contributed by atoms with Crippen LogP contribution in [0.1, 0.15) is 18.1 Å². The summed E-state index contributed by atoms with van der Waals surface area (Å²) in [7, 11) is 0. The standard InChI is InChI=1S/C25H22ClN3O2/c1-17(30)27-21-5-4-6-22(14-21)28-25(31)13-19-16-29(24-8-3-2-7-23(19)24)15-18-9-11-20(26)12-10-18/h2-12,14,16H,13,15H2,1H3,(H,27,30)(H,28,31). The number of anilines is 2. The molecule has 0 aliphatic carbocycles. The summed E-state index contributed by atoms with van der Waals surface area (Å²) in [5.41, 5.74) is 4.45. The first-order valence-electron chi connectivity index (χ1n) is 9.96. The van der Waals surface area contributed by atoms with Crippen molar-refractivity contribution in [2.24, 2.45) is 0 Å². The fourth-order valence-corrected chi connectivity index (χ4v) is 3.76. The maximum atomic E-state index is 12.7. The molecule has 156 valence electrons. The van der Waals surface area contributed by atoms with Gasteiger partial charge in [-0.05, 0) is 47.5 Å². The predicted octanol–water partition coefficient (Wildman–Crippen LogP) is 5.48. The molecule has 4 aromatic rings. The van der Waals surface area contributed by atoms with E-state index in [9.17, 15) is 9.59 Å². The Bertz CT molecular complexity index is 1250. The number of hydrogen-bond donors (Lipinski definition) is 2. The van der Waals surface area contributed by atoms with Gasteiger partial charge >= 0.3 is 0 Å². The van der Waals surface area contributed by atoms with E-state index >= 15 is 0 Å². The van der Waals surface area contributed by atoms with Gasteiger partial charge in [-0.1, -0.05) is 48.0 Å². The zero-order valence-corrected chi connectivity index (χ0v) is 17.8. The Labute approximate surface area is 185 Å². The minimum atomic E-state index is -0.156. The topological polar surface area (TPSA) is 63.1 Å². The van der Waals surface area contributed by atoms with E-state index in [2.05, 4.69) is 21.3 Å². The first kappa shape index (κ1) is 20.7. The minimum Gasteiger partial charge on any atom is -0.343 e. The Morgan fingerprint density at radius 2 is 1.61 bits per heavy atom. The fraction of sp³-hybridized carbons (Fsp3) is 0.120. The van der Waals surface area contributed by atoms with E-state index in [1.165, 1.54) is 6.92 Å². The highest BCUT2D eigenvalue weighted by Crippen LogP contribution is 2.24. The van der Waals surface area contributed by atoms with Crippen LogP contribution >= 0.6 is 11.6 Å². The van der Waals surface area contributed by atoms with Gasteiger partial charge in [-0.25, -0.2) is 0 Å². The van der Waals surface area contributed by atoms with Crippen molar-refractivity contribution in [3.8, 4) is 0 Å². The summed E-state index contributed by atoms with van der Waals surface area (Å²) in [4.78, 5) is 24.0. The summed E-state index contributed by atoms with van der Waals surface area (Å²) >= 11 is 6.00. The zero-order chi connectivity index (χ0) is 21.8. The number of para-hydroxylation sites is 1. The second kappa shape index (κ2) is 9.06. The van der Waals surface area contributed by atoms with Gasteiger partial charge in [0.2, 0.25) is 11.8 Å². The van der Waals surface area contributed by atoms with Crippen LogP contribution < -0.4 is 10.6 Å².